The topological polar surface area (TPSA) is 70.2 Å². The van der Waals surface area contributed by atoms with Crippen LogP contribution in [-0.2, 0) is 9.59 Å². The van der Waals surface area contributed by atoms with E-state index in [9.17, 15) is 9.59 Å². The van der Waals surface area contributed by atoms with Crippen LogP contribution in [0.25, 0.3) is 0 Å². The first-order valence-corrected chi connectivity index (χ1v) is 6.84. The Labute approximate surface area is 108 Å². The lowest BCUT2D eigenvalue weighted by Crippen LogP contribution is -2.49. The Bertz CT molecular complexity index is 314. The largest absolute Gasteiger partial charge is 0.355 e. The zero-order valence-corrected chi connectivity index (χ0v) is 11.1. The predicted octanol–water partition coefficient (Wildman–Crippen LogP) is 0.0185. The van der Waals surface area contributed by atoms with Crippen molar-refractivity contribution in [2.75, 3.05) is 26.2 Å². The van der Waals surface area contributed by atoms with E-state index in [0.29, 0.717) is 19.4 Å². The third-order valence-corrected chi connectivity index (χ3v) is 4.01. The van der Waals surface area contributed by atoms with E-state index in [0.717, 1.165) is 26.1 Å². The second-order valence-corrected chi connectivity index (χ2v) is 5.85. The van der Waals surface area contributed by atoms with Gasteiger partial charge < -0.3 is 16.0 Å². The first-order chi connectivity index (χ1) is 8.59. The minimum atomic E-state index is -0.0529. The Hall–Kier alpha value is -1.10. The van der Waals surface area contributed by atoms with Crippen LogP contribution in [0.5, 0.6) is 0 Å². The van der Waals surface area contributed by atoms with Crippen LogP contribution in [0.15, 0.2) is 0 Å². The lowest BCUT2D eigenvalue weighted by Gasteiger charge is -2.35. The summed E-state index contributed by atoms with van der Waals surface area (Å²) in [5.74, 6) is 0.0899. The highest BCUT2D eigenvalue weighted by Crippen LogP contribution is 2.24. The Kier molecular flexibility index (Phi) is 4.22. The zero-order valence-electron chi connectivity index (χ0n) is 11.1. The van der Waals surface area contributed by atoms with Crippen LogP contribution < -0.4 is 16.0 Å². The maximum absolute atomic E-state index is 12.0. The third kappa shape index (κ3) is 3.45. The summed E-state index contributed by atoms with van der Waals surface area (Å²) in [6, 6.07) is 0. The molecule has 2 unspecified atom stereocenters. The van der Waals surface area contributed by atoms with Crippen molar-refractivity contribution in [1.29, 1.82) is 0 Å². The third-order valence-electron chi connectivity index (χ3n) is 4.01. The summed E-state index contributed by atoms with van der Waals surface area (Å²) in [7, 11) is 0. The Balaban J connectivity index is 1.75. The number of amides is 2. The molecule has 18 heavy (non-hydrogen) atoms. The van der Waals surface area contributed by atoms with Gasteiger partial charge in [-0.05, 0) is 31.2 Å². The van der Waals surface area contributed by atoms with Crippen LogP contribution in [0.3, 0.4) is 0 Å². The number of piperidine rings is 2. The molecule has 0 radical (unpaired) electrons. The number of hydrogen-bond acceptors (Lipinski definition) is 3. The van der Waals surface area contributed by atoms with Gasteiger partial charge in [0.2, 0.25) is 11.8 Å². The van der Waals surface area contributed by atoms with Gasteiger partial charge in [-0.25, -0.2) is 0 Å². The lowest BCUT2D eigenvalue weighted by atomic mass is 9.82. The fourth-order valence-electron chi connectivity index (χ4n) is 2.67. The van der Waals surface area contributed by atoms with E-state index in [4.69, 9.17) is 0 Å². The highest BCUT2D eigenvalue weighted by atomic mass is 16.2. The summed E-state index contributed by atoms with van der Waals surface area (Å²) >= 11 is 0. The fourth-order valence-corrected chi connectivity index (χ4v) is 2.67. The smallest absolute Gasteiger partial charge is 0.224 e. The Morgan fingerprint density at radius 3 is 3.00 bits per heavy atom. The molecule has 5 heteroatoms. The molecule has 0 saturated carbocycles. The van der Waals surface area contributed by atoms with Crippen molar-refractivity contribution in [3.8, 4) is 0 Å². The zero-order chi connectivity index (χ0) is 13.0. The molecule has 102 valence electrons. The van der Waals surface area contributed by atoms with Crippen LogP contribution in [0.1, 0.15) is 32.6 Å². The van der Waals surface area contributed by atoms with E-state index in [1.165, 1.54) is 6.42 Å². The lowest BCUT2D eigenvalue weighted by molar-refractivity contribution is -0.129. The maximum atomic E-state index is 12.0. The number of carbonyl (C=O) groups excluding carboxylic acids is 2. The summed E-state index contributed by atoms with van der Waals surface area (Å²) in [6.45, 7) is 5.47. The second-order valence-electron chi connectivity index (χ2n) is 5.85. The van der Waals surface area contributed by atoms with E-state index >= 15 is 0 Å². The molecule has 2 aliphatic heterocycles. The Morgan fingerprint density at radius 2 is 2.39 bits per heavy atom. The molecule has 2 saturated heterocycles. The van der Waals surface area contributed by atoms with E-state index < -0.39 is 0 Å². The first-order valence-electron chi connectivity index (χ1n) is 6.84. The summed E-state index contributed by atoms with van der Waals surface area (Å²) in [5.41, 5.74) is 0.172. The average molecular weight is 253 g/mol. The first kappa shape index (κ1) is 13.3. The minimum Gasteiger partial charge on any atom is -0.355 e. The quantitative estimate of drug-likeness (QED) is 0.664. The highest BCUT2D eigenvalue weighted by molar-refractivity contribution is 5.83. The minimum absolute atomic E-state index is 0.0529. The van der Waals surface area contributed by atoms with Gasteiger partial charge in [0, 0.05) is 26.1 Å². The van der Waals surface area contributed by atoms with E-state index in [1.54, 1.807) is 0 Å². The van der Waals surface area contributed by atoms with E-state index in [1.807, 2.05) is 0 Å². The average Bonchev–Trinajstić information content (AvgIpc) is 2.38. The van der Waals surface area contributed by atoms with E-state index in [-0.39, 0.29) is 23.1 Å². The normalized spacial score (nSPS) is 32.7. The molecule has 0 bridgehead atoms. The van der Waals surface area contributed by atoms with Gasteiger partial charge in [-0.3, -0.25) is 9.59 Å². The summed E-state index contributed by atoms with van der Waals surface area (Å²) in [4.78, 5) is 23.0. The molecule has 0 aromatic heterocycles. The monoisotopic (exact) mass is 253 g/mol. The van der Waals surface area contributed by atoms with Crippen LogP contribution in [0.4, 0.5) is 0 Å². The molecule has 3 N–H and O–H groups in total. The molecule has 0 aromatic rings. The van der Waals surface area contributed by atoms with Gasteiger partial charge in [-0.1, -0.05) is 6.92 Å². The molecular weight excluding hydrogens is 230 g/mol. The van der Waals surface area contributed by atoms with Gasteiger partial charge in [0.1, 0.15) is 0 Å². The summed E-state index contributed by atoms with van der Waals surface area (Å²) in [6.07, 6.45) is 3.47. The molecule has 2 aliphatic rings. The molecule has 2 amide bonds. The van der Waals surface area contributed by atoms with Crippen LogP contribution in [0.2, 0.25) is 0 Å². The van der Waals surface area contributed by atoms with Crippen molar-refractivity contribution < 1.29 is 9.59 Å². The van der Waals surface area contributed by atoms with Crippen molar-refractivity contribution in [3.05, 3.63) is 0 Å². The molecule has 2 rings (SSSR count). The van der Waals surface area contributed by atoms with Gasteiger partial charge in [0.15, 0.2) is 0 Å². The van der Waals surface area contributed by atoms with Crippen molar-refractivity contribution in [3.63, 3.8) is 0 Å². The van der Waals surface area contributed by atoms with Gasteiger partial charge in [-0.15, -0.1) is 0 Å². The summed E-state index contributed by atoms with van der Waals surface area (Å²) < 4.78 is 0. The van der Waals surface area contributed by atoms with Crippen LogP contribution in [-0.4, -0.2) is 38.0 Å². The SMILES string of the molecule is CC1(CNC(=O)C2CCC(=O)NC2)CCCNC1. The van der Waals surface area contributed by atoms with Crippen molar-refractivity contribution in [2.45, 2.75) is 32.6 Å². The van der Waals surface area contributed by atoms with Crippen LogP contribution in [0, 0.1) is 11.3 Å². The standard InChI is InChI=1S/C13H23N3O2/c1-13(5-2-6-14-8-13)9-16-12(18)10-3-4-11(17)15-7-10/h10,14H,2-9H2,1H3,(H,15,17)(H,16,18). The molecule has 2 atom stereocenters. The molecule has 0 spiro atoms. The number of hydrogen-bond donors (Lipinski definition) is 3. The molecule has 5 nitrogen and oxygen atoms in total. The van der Waals surface area contributed by atoms with E-state index in [2.05, 4.69) is 22.9 Å². The second kappa shape index (κ2) is 5.69. The number of rotatable bonds is 3. The predicted molar refractivity (Wildman–Crippen MR) is 69.0 cm³/mol. The number of nitrogens with one attached hydrogen (secondary N) is 3. The molecule has 2 heterocycles. The number of carbonyl (C=O) groups is 2. The van der Waals surface area contributed by atoms with Gasteiger partial charge >= 0.3 is 0 Å². The van der Waals surface area contributed by atoms with Gasteiger partial charge in [-0.2, -0.15) is 0 Å². The molecule has 0 aliphatic carbocycles. The van der Waals surface area contributed by atoms with Crippen molar-refractivity contribution in [2.24, 2.45) is 11.3 Å². The van der Waals surface area contributed by atoms with Gasteiger partial charge in [0.25, 0.3) is 0 Å². The van der Waals surface area contributed by atoms with Crippen molar-refractivity contribution >= 4 is 11.8 Å². The highest BCUT2D eigenvalue weighted by Gasteiger charge is 2.29. The summed E-state index contributed by atoms with van der Waals surface area (Å²) in [5, 5.41) is 9.17. The van der Waals surface area contributed by atoms with Crippen LogP contribution >= 0.6 is 0 Å². The molecule has 2 fully saturated rings. The van der Waals surface area contributed by atoms with Crippen molar-refractivity contribution in [1.82, 2.24) is 16.0 Å². The van der Waals surface area contributed by atoms with Gasteiger partial charge in [0.05, 0.1) is 5.92 Å². The molecule has 0 aromatic carbocycles. The Morgan fingerprint density at radius 1 is 1.56 bits per heavy atom. The molecular formula is C13H23N3O2. The fraction of sp³-hybridized carbons (Fsp3) is 0.846. The maximum Gasteiger partial charge on any atom is 0.224 e.